The van der Waals surface area contributed by atoms with Gasteiger partial charge in [-0.15, -0.1) is 12.4 Å². The van der Waals surface area contributed by atoms with Crippen LogP contribution in [0.2, 0.25) is 0 Å². The number of nitrogens with zero attached hydrogens (tertiary/aromatic N) is 4. The van der Waals surface area contributed by atoms with Crippen LogP contribution in [-0.2, 0) is 10.2 Å². The number of piperidine rings is 1. The summed E-state index contributed by atoms with van der Waals surface area (Å²) in [5.74, 6) is -0.390. The highest BCUT2D eigenvalue weighted by atomic mass is 35.5. The van der Waals surface area contributed by atoms with Crippen molar-refractivity contribution in [1.82, 2.24) is 24.6 Å². The highest BCUT2D eigenvalue weighted by molar-refractivity contribution is 7.90. The van der Waals surface area contributed by atoms with Gasteiger partial charge in [0.15, 0.2) is 0 Å². The third-order valence-corrected chi connectivity index (χ3v) is 8.28. The number of ether oxygens (including phenoxy) is 1. The van der Waals surface area contributed by atoms with Crippen molar-refractivity contribution >= 4 is 45.0 Å². The molecule has 0 amide bonds. The molecule has 0 spiro atoms. The molecule has 17 heteroatoms. The Morgan fingerprint density at radius 1 is 1.07 bits per heavy atom. The van der Waals surface area contributed by atoms with Crippen LogP contribution in [0.5, 0.6) is 11.6 Å². The van der Waals surface area contributed by atoms with Crippen molar-refractivity contribution < 1.29 is 35.1 Å². The van der Waals surface area contributed by atoms with Gasteiger partial charge >= 0.3 is 16.4 Å². The van der Waals surface area contributed by atoms with E-state index in [2.05, 4.69) is 25.6 Å². The second-order valence-corrected chi connectivity index (χ2v) is 12.0. The van der Waals surface area contributed by atoms with Gasteiger partial charge in [0, 0.05) is 55.8 Å². The Labute approximate surface area is 262 Å². The molecule has 3 N–H and O–H groups in total. The molecule has 45 heavy (non-hydrogen) atoms. The van der Waals surface area contributed by atoms with Gasteiger partial charge in [0.1, 0.15) is 24.3 Å². The Bertz CT molecular complexity index is 1780. The van der Waals surface area contributed by atoms with E-state index in [1.54, 1.807) is 31.2 Å². The van der Waals surface area contributed by atoms with Gasteiger partial charge in [-0.2, -0.15) is 25.9 Å². The number of aryl methyl sites for hydroxylation is 1. The molecule has 1 fully saturated rings. The first kappa shape index (κ1) is 34.0. The highest BCUT2D eigenvalue weighted by Gasteiger charge is 2.34. The quantitative estimate of drug-likeness (QED) is 0.196. The summed E-state index contributed by atoms with van der Waals surface area (Å²) in [5.41, 5.74) is 0.953. The molecule has 4 aromatic rings. The number of nitrogens with one attached hydrogen (secondary N) is 3. The van der Waals surface area contributed by atoms with Crippen LogP contribution in [0.4, 0.5) is 33.6 Å². The minimum Gasteiger partial charge on any atom is -0.437 e. The van der Waals surface area contributed by atoms with E-state index in [-0.39, 0.29) is 57.6 Å². The lowest BCUT2D eigenvalue weighted by atomic mass is 10.0. The van der Waals surface area contributed by atoms with E-state index in [1.807, 2.05) is 4.72 Å². The van der Waals surface area contributed by atoms with Gasteiger partial charge < -0.3 is 15.4 Å². The van der Waals surface area contributed by atoms with E-state index in [1.165, 1.54) is 24.5 Å². The molecule has 0 unspecified atom stereocenters. The summed E-state index contributed by atoms with van der Waals surface area (Å²) in [6, 6.07) is 10.2. The Morgan fingerprint density at radius 3 is 2.56 bits per heavy atom. The number of hydrogen-bond acceptors (Lipinski definition) is 8. The average molecular weight is 674 g/mol. The third-order valence-electron chi connectivity index (χ3n) is 6.87. The van der Waals surface area contributed by atoms with Crippen LogP contribution in [0.15, 0.2) is 54.9 Å². The van der Waals surface area contributed by atoms with Crippen LogP contribution in [0.1, 0.15) is 12.0 Å². The third kappa shape index (κ3) is 8.06. The molecule has 2 atom stereocenters. The molecule has 1 saturated heterocycles. The second kappa shape index (κ2) is 13.6. The Morgan fingerprint density at radius 2 is 1.82 bits per heavy atom. The summed E-state index contributed by atoms with van der Waals surface area (Å²) in [7, 11) is -4.04. The van der Waals surface area contributed by atoms with Gasteiger partial charge in [-0.25, -0.2) is 23.7 Å². The van der Waals surface area contributed by atoms with Crippen molar-refractivity contribution in [3.63, 3.8) is 0 Å². The van der Waals surface area contributed by atoms with Gasteiger partial charge in [0.05, 0.1) is 16.9 Å². The molecule has 1 aliphatic rings. The minimum absolute atomic E-state index is 0. The normalized spacial score (nSPS) is 17.2. The van der Waals surface area contributed by atoms with E-state index >= 15 is 0 Å². The van der Waals surface area contributed by atoms with Crippen molar-refractivity contribution in [3.8, 4) is 22.9 Å². The zero-order valence-corrected chi connectivity index (χ0v) is 25.5. The van der Waals surface area contributed by atoms with Gasteiger partial charge in [-0.1, -0.05) is 12.1 Å². The van der Waals surface area contributed by atoms with Crippen molar-refractivity contribution in [2.75, 3.05) is 36.7 Å². The van der Waals surface area contributed by atoms with Crippen LogP contribution in [0.25, 0.3) is 22.0 Å². The lowest BCUT2D eigenvalue weighted by Gasteiger charge is -2.26. The van der Waals surface area contributed by atoms with E-state index in [4.69, 9.17) is 4.74 Å². The van der Waals surface area contributed by atoms with Crippen LogP contribution in [0, 0.1) is 12.7 Å². The van der Waals surface area contributed by atoms with E-state index in [0.29, 0.717) is 29.8 Å². The Kier molecular flexibility index (Phi) is 10.3. The number of pyridine rings is 1. The first-order valence-corrected chi connectivity index (χ1v) is 14.8. The molecule has 3 heterocycles. The van der Waals surface area contributed by atoms with Gasteiger partial charge in [0.2, 0.25) is 11.8 Å². The predicted molar refractivity (Wildman–Crippen MR) is 162 cm³/mol. The number of hydrogen-bond donors (Lipinski definition) is 3. The molecule has 10 nitrogen and oxygen atoms in total. The largest absolute Gasteiger partial charge is 0.437 e. The van der Waals surface area contributed by atoms with Gasteiger partial charge in [0.25, 0.3) is 0 Å². The first-order valence-electron chi connectivity index (χ1n) is 13.4. The molecule has 2 aromatic heterocycles. The number of halogens is 6. The van der Waals surface area contributed by atoms with Crippen LogP contribution < -0.4 is 20.1 Å². The van der Waals surface area contributed by atoms with E-state index in [0.717, 1.165) is 13.1 Å². The highest BCUT2D eigenvalue weighted by Crippen LogP contribution is 2.40. The molecule has 0 aliphatic carbocycles. The molecule has 0 saturated carbocycles. The zero-order valence-electron chi connectivity index (χ0n) is 23.9. The second-order valence-electron chi connectivity index (χ2n) is 10.3. The lowest BCUT2D eigenvalue weighted by Crippen LogP contribution is -2.44. The van der Waals surface area contributed by atoms with Crippen molar-refractivity contribution in [1.29, 1.82) is 0 Å². The summed E-state index contributed by atoms with van der Waals surface area (Å²) >= 11 is 0. The van der Waals surface area contributed by atoms with Crippen molar-refractivity contribution in [3.05, 3.63) is 66.2 Å². The number of fused-ring (bicyclic) bond motifs is 1. The maximum atomic E-state index is 15.0. The fourth-order valence-corrected chi connectivity index (χ4v) is 5.71. The van der Waals surface area contributed by atoms with Crippen molar-refractivity contribution in [2.45, 2.75) is 31.7 Å². The summed E-state index contributed by atoms with van der Waals surface area (Å²) in [6.07, 6.45) is -2.46. The topological polar surface area (TPSA) is 121 Å². The fraction of sp³-hybridized carbons (Fsp3) is 0.321. The summed E-state index contributed by atoms with van der Waals surface area (Å²) < 4.78 is 101. The fourth-order valence-electron chi connectivity index (χ4n) is 4.77. The molecule has 5 rings (SSSR count). The summed E-state index contributed by atoms with van der Waals surface area (Å²) in [5, 5.41) is 6.46. The number of alkyl halides is 4. The lowest BCUT2D eigenvalue weighted by molar-refractivity contribution is -0.134. The van der Waals surface area contributed by atoms with E-state index in [9.17, 15) is 30.4 Å². The number of rotatable bonds is 9. The number of anilines is 2. The molecule has 0 radical (unpaired) electrons. The average Bonchev–Trinajstić information content (AvgIpc) is 2.95. The van der Waals surface area contributed by atoms with E-state index < -0.39 is 40.6 Å². The zero-order chi connectivity index (χ0) is 31.6. The SMILES string of the molecule is Cc1ccc2c(NS(=O)(=O)N(C)CC(F)(F)F)c(F)ccc2c1Oc1ncccc1-c1ccnc(N[C@H]2CNC[C@H](F)C2)n1.Cl. The predicted octanol–water partition coefficient (Wildman–Crippen LogP) is 5.62. The molecule has 2 aromatic carbocycles. The van der Waals surface area contributed by atoms with Crippen LogP contribution in [-0.4, -0.2) is 72.7 Å². The first-order chi connectivity index (χ1) is 20.8. The van der Waals surface area contributed by atoms with Gasteiger partial charge in [-0.05, 0) is 42.8 Å². The molecular weight excluding hydrogens is 645 g/mol. The molecule has 0 bridgehead atoms. The standard InChI is InChI=1S/C28H28F5N7O3S.ClH/c1-16-5-6-19-20(7-8-22(30)24(19)39-44(41,42)40(2)15-28(31,32)33)25(16)43-26-21(4-3-10-35-26)23-9-11-36-27(38-23)37-18-12-17(29)13-34-14-18;/h3-11,17-18,34,39H,12-15H2,1-2H3,(H,36,37,38);1H/t17-,18-;/m1./s1. The van der Waals surface area contributed by atoms with Crippen molar-refractivity contribution in [2.24, 2.45) is 0 Å². The molecular formula is C28H29ClF5N7O3S. The maximum Gasteiger partial charge on any atom is 0.402 e. The summed E-state index contributed by atoms with van der Waals surface area (Å²) in [4.78, 5) is 13.1. The summed E-state index contributed by atoms with van der Waals surface area (Å²) in [6.45, 7) is 0.786. The number of benzene rings is 2. The molecule has 242 valence electrons. The molecule has 1 aliphatic heterocycles. The Balaban J connectivity index is 0.00000461. The smallest absolute Gasteiger partial charge is 0.402 e. The maximum absolute atomic E-state index is 15.0. The van der Waals surface area contributed by atoms with Gasteiger partial charge in [-0.3, -0.25) is 4.72 Å². The minimum atomic E-state index is -4.80. The van der Waals surface area contributed by atoms with Crippen LogP contribution in [0.3, 0.4) is 0 Å². The van der Waals surface area contributed by atoms with Crippen LogP contribution >= 0.6 is 12.4 Å². The Hall–Kier alpha value is -3.86. The monoisotopic (exact) mass is 673 g/mol. The number of aromatic nitrogens is 3.